The smallest absolute Gasteiger partial charge is 0.101 e. The van der Waals surface area contributed by atoms with Crippen LogP contribution in [0.15, 0.2) is 23.4 Å². The van der Waals surface area contributed by atoms with Gasteiger partial charge in [-0.15, -0.1) is 11.8 Å². The summed E-state index contributed by atoms with van der Waals surface area (Å²) in [5.74, 6) is 0. The highest BCUT2D eigenvalue weighted by Crippen LogP contribution is 2.39. The molecule has 2 nitrogen and oxygen atoms in total. The highest BCUT2D eigenvalue weighted by atomic mass is 32.2. The highest BCUT2D eigenvalue weighted by Gasteiger charge is 2.27. The van der Waals surface area contributed by atoms with Crippen molar-refractivity contribution < 1.29 is 0 Å². The minimum atomic E-state index is 0.607. The molecule has 0 radical (unpaired) electrons. The van der Waals surface area contributed by atoms with Crippen LogP contribution in [0.4, 0.5) is 0 Å². The van der Waals surface area contributed by atoms with E-state index in [0.717, 1.165) is 5.25 Å². The third kappa shape index (κ3) is 4.73. The molecule has 1 aliphatic heterocycles. The minimum absolute atomic E-state index is 0.607. The Morgan fingerprint density at radius 3 is 2.78 bits per heavy atom. The molecular weight excluding hydrogens is 300 g/mol. The first-order valence-corrected chi connectivity index (χ1v) is 10.6. The van der Waals surface area contributed by atoms with Gasteiger partial charge in [-0.25, -0.2) is 4.98 Å². The largest absolute Gasteiger partial charge is 0.296 e. The van der Waals surface area contributed by atoms with E-state index in [1.165, 1.54) is 87.9 Å². The molecule has 0 unspecified atom stereocenters. The lowest BCUT2D eigenvalue weighted by molar-refractivity contribution is 0.144. The van der Waals surface area contributed by atoms with Gasteiger partial charge in [-0.1, -0.05) is 45.1 Å². The molecule has 1 aliphatic carbocycles. The predicted molar refractivity (Wildman–Crippen MR) is 100 cm³/mol. The minimum Gasteiger partial charge on any atom is -0.296 e. The van der Waals surface area contributed by atoms with Crippen molar-refractivity contribution in [1.82, 2.24) is 9.88 Å². The average Bonchev–Trinajstić information content (AvgIpc) is 2.62. The van der Waals surface area contributed by atoms with E-state index < -0.39 is 0 Å². The van der Waals surface area contributed by atoms with Crippen molar-refractivity contribution >= 4 is 11.8 Å². The summed E-state index contributed by atoms with van der Waals surface area (Å²) in [6.45, 7) is 4.82. The Labute approximate surface area is 146 Å². The van der Waals surface area contributed by atoms with Gasteiger partial charge in [0.25, 0.3) is 0 Å². The van der Waals surface area contributed by atoms with Crippen LogP contribution in [0.25, 0.3) is 0 Å². The molecule has 1 aromatic heterocycles. The van der Waals surface area contributed by atoms with Crippen molar-refractivity contribution in [2.75, 3.05) is 13.1 Å². The molecule has 0 N–H and O–H groups in total. The number of hydrogen-bond donors (Lipinski definition) is 0. The second-order valence-electron chi connectivity index (χ2n) is 7.18. The van der Waals surface area contributed by atoms with Gasteiger partial charge in [0, 0.05) is 23.1 Å². The zero-order valence-electron chi connectivity index (χ0n) is 14.7. The van der Waals surface area contributed by atoms with Crippen LogP contribution in [0.3, 0.4) is 0 Å². The fourth-order valence-corrected chi connectivity index (χ4v) is 5.41. The van der Waals surface area contributed by atoms with E-state index >= 15 is 0 Å². The van der Waals surface area contributed by atoms with E-state index in [1.807, 2.05) is 6.20 Å². The van der Waals surface area contributed by atoms with Gasteiger partial charge in [-0.05, 0) is 51.3 Å². The van der Waals surface area contributed by atoms with E-state index in [-0.39, 0.29) is 0 Å². The van der Waals surface area contributed by atoms with E-state index in [9.17, 15) is 0 Å². The maximum Gasteiger partial charge on any atom is 0.101 e. The quantitative estimate of drug-likeness (QED) is 0.651. The maximum atomic E-state index is 4.80. The SMILES string of the molecule is CCCCN1CCCC[C@H]1c1cccnc1SC1CCCCC1. The zero-order chi connectivity index (χ0) is 15.9. The summed E-state index contributed by atoms with van der Waals surface area (Å²) in [6.07, 6.45) is 15.7. The summed E-state index contributed by atoms with van der Waals surface area (Å²) in [4.78, 5) is 7.53. The summed E-state index contributed by atoms with van der Waals surface area (Å²) in [5, 5.41) is 2.12. The van der Waals surface area contributed by atoms with Crippen LogP contribution in [0.2, 0.25) is 0 Å². The van der Waals surface area contributed by atoms with E-state index in [1.54, 1.807) is 0 Å². The van der Waals surface area contributed by atoms with Crippen LogP contribution in [-0.4, -0.2) is 28.2 Å². The van der Waals surface area contributed by atoms with Crippen molar-refractivity contribution in [3.05, 3.63) is 23.9 Å². The number of hydrogen-bond acceptors (Lipinski definition) is 3. The lowest BCUT2D eigenvalue weighted by atomic mass is 9.96. The number of thioether (sulfide) groups is 1. The van der Waals surface area contributed by atoms with Gasteiger partial charge in [0.1, 0.15) is 5.03 Å². The molecule has 1 saturated carbocycles. The number of aromatic nitrogens is 1. The topological polar surface area (TPSA) is 16.1 Å². The fourth-order valence-electron chi connectivity index (χ4n) is 4.07. The third-order valence-corrected chi connectivity index (χ3v) is 6.77. The highest BCUT2D eigenvalue weighted by molar-refractivity contribution is 7.99. The van der Waals surface area contributed by atoms with Gasteiger partial charge in [-0.2, -0.15) is 0 Å². The van der Waals surface area contributed by atoms with Gasteiger partial charge >= 0.3 is 0 Å². The van der Waals surface area contributed by atoms with Crippen LogP contribution in [-0.2, 0) is 0 Å². The molecule has 1 aromatic rings. The number of rotatable bonds is 6. The molecule has 1 atom stereocenters. The van der Waals surface area contributed by atoms with E-state index in [0.29, 0.717) is 6.04 Å². The molecule has 2 aliphatic rings. The average molecular weight is 333 g/mol. The maximum absolute atomic E-state index is 4.80. The van der Waals surface area contributed by atoms with Crippen LogP contribution >= 0.6 is 11.8 Å². The molecule has 128 valence electrons. The Kier molecular flexibility index (Phi) is 6.82. The van der Waals surface area contributed by atoms with E-state index in [2.05, 4.69) is 35.7 Å². The van der Waals surface area contributed by atoms with Crippen molar-refractivity contribution in [1.29, 1.82) is 0 Å². The van der Waals surface area contributed by atoms with Gasteiger partial charge in [-0.3, -0.25) is 4.90 Å². The Bertz CT molecular complexity index is 470. The molecule has 0 bridgehead atoms. The van der Waals surface area contributed by atoms with Gasteiger partial charge in [0.15, 0.2) is 0 Å². The van der Waals surface area contributed by atoms with Gasteiger partial charge in [0.05, 0.1) is 0 Å². The molecule has 2 fully saturated rings. The van der Waals surface area contributed by atoms with Gasteiger partial charge < -0.3 is 0 Å². The Morgan fingerprint density at radius 1 is 1.13 bits per heavy atom. The lowest BCUT2D eigenvalue weighted by Gasteiger charge is -2.37. The second-order valence-corrected chi connectivity index (χ2v) is 8.47. The first-order chi connectivity index (χ1) is 11.4. The van der Waals surface area contributed by atoms with Crippen LogP contribution in [0.5, 0.6) is 0 Å². The summed E-state index contributed by atoms with van der Waals surface area (Å²) in [7, 11) is 0. The number of likely N-dealkylation sites (tertiary alicyclic amines) is 1. The van der Waals surface area contributed by atoms with Crippen molar-refractivity contribution in [2.24, 2.45) is 0 Å². The zero-order valence-corrected chi connectivity index (χ0v) is 15.5. The normalized spacial score (nSPS) is 24.0. The van der Waals surface area contributed by atoms with Crippen molar-refractivity contribution in [3.8, 4) is 0 Å². The third-order valence-electron chi connectivity index (χ3n) is 5.40. The number of unbranched alkanes of at least 4 members (excludes halogenated alkanes) is 1. The van der Waals surface area contributed by atoms with Crippen LogP contribution in [0.1, 0.15) is 82.7 Å². The first kappa shape index (κ1) is 17.3. The summed E-state index contributed by atoms with van der Waals surface area (Å²) >= 11 is 2.07. The van der Waals surface area contributed by atoms with Crippen LogP contribution < -0.4 is 0 Å². The first-order valence-electron chi connectivity index (χ1n) is 9.74. The molecule has 1 saturated heterocycles. The Morgan fingerprint density at radius 2 is 1.96 bits per heavy atom. The lowest BCUT2D eigenvalue weighted by Crippen LogP contribution is -2.34. The van der Waals surface area contributed by atoms with Crippen molar-refractivity contribution in [3.63, 3.8) is 0 Å². The van der Waals surface area contributed by atoms with E-state index in [4.69, 9.17) is 4.98 Å². The summed E-state index contributed by atoms with van der Waals surface area (Å²) < 4.78 is 0. The molecule has 3 rings (SSSR count). The Balaban J connectivity index is 1.74. The summed E-state index contributed by atoms with van der Waals surface area (Å²) in [5.41, 5.74) is 1.51. The van der Waals surface area contributed by atoms with Crippen LogP contribution in [0, 0.1) is 0 Å². The van der Waals surface area contributed by atoms with Crippen molar-refractivity contribution in [2.45, 2.75) is 87.4 Å². The number of piperidine rings is 1. The second kappa shape index (κ2) is 9.08. The predicted octanol–water partition coefficient (Wildman–Crippen LogP) is 5.83. The molecule has 0 spiro atoms. The molecular formula is C20H32N2S. The van der Waals surface area contributed by atoms with Gasteiger partial charge in [0.2, 0.25) is 0 Å². The summed E-state index contributed by atoms with van der Waals surface area (Å²) in [6, 6.07) is 5.11. The molecule has 2 heterocycles. The number of nitrogens with zero attached hydrogens (tertiary/aromatic N) is 2. The standard InChI is InChI=1S/C20H32N2S/c1-2-3-15-22-16-8-7-13-19(22)18-12-9-14-21-20(18)23-17-10-5-4-6-11-17/h9,12,14,17,19H,2-8,10-11,13,15-16H2,1H3/t19-/m0/s1. The number of pyridine rings is 1. The molecule has 0 amide bonds. The monoisotopic (exact) mass is 332 g/mol. The Hall–Kier alpha value is -0.540. The molecule has 23 heavy (non-hydrogen) atoms. The fraction of sp³-hybridized carbons (Fsp3) is 0.750. The molecule has 3 heteroatoms. The molecule has 0 aromatic carbocycles.